The number of nitrogens with zero attached hydrogens (tertiary/aromatic N) is 1. The molecule has 0 radical (unpaired) electrons. The Balaban J connectivity index is 2.24. The van der Waals surface area contributed by atoms with Gasteiger partial charge in [-0.15, -0.1) is 11.3 Å². The first-order chi connectivity index (χ1) is 7.81. The topological polar surface area (TPSA) is 24.9 Å². The van der Waals surface area contributed by atoms with Crippen LogP contribution in [-0.2, 0) is 6.42 Å². The summed E-state index contributed by atoms with van der Waals surface area (Å²) in [5.41, 5.74) is 2.38. The molecule has 1 N–H and O–H groups in total. The van der Waals surface area contributed by atoms with Gasteiger partial charge in [0.2, 0.25) is 0 Å². The SMILES string of the molecule is CNCCc1sc(-c2ccccc2)nc1C. The number of nitrogens with one attached hydrogen (secondary N) is 1. The molecular formula is C13H16N2S. The second-order valence-electron chi connectivity index (χ2n) is 3.75. The summed E-state index contributed by atoms with van der Waals surface area (Å²) in [7, 11) is 1.98. The van der Waals surface area contributed by atoms with E-state index in [0.29, 0.717) is 0 Å². The van der Waals surface area contributed by atoms with Gasteiger partial charge in [-0.25, -0.2) is 4.98 Å². The second-order valence-corrected chi connectivity index (χ2v) is 4.83. The molecule has 0 saturated heterocycles. The first kappa shape index (κ1) is 11.3. The van der Waals surface area contributed by atoms with Gasteiger partial charge in [-0.3, -0.25) is 0 Å². The van der Waals surface area contributed by atoms with E-state index in [-0.39, 0.29) is 0 Å². The standard InChI is InChI=1S/C13H16N2S/c1-10-12(8-9-14-2)16-13(15-10)11-6-4-3-5-7-11/h3-7,14H,8-9H2,1-2H3. The highest BCUT2D eigenvalue weighted by Crippen LogP contribution is 2.27. The molecule has 0 aliphatic rings. The summed E-state index contributed by atoms with van der Waals surface area (Å²) < 4.78 is 0. The molecule has 0 atom stereocenters. The molecule has 0 aliphatic heterocycles. The number of aromatic nitrogens is 1. The van der Waals surface area contributed by atoms with Gasteiger partial charge in [0.05, 0.1) is 5.69 Å². The smallest absolute Gasteiger partial charge is 0.123 e. The summed E-state index contributed by atoms with van der Waals surface area (Å²) in [5.74, 6) is 0. The number of likely N-dealkylation sites (N-methyl/N-ethyl adjacent to an activating group) is 1. The molecule has 2 nitrogen and oxygen atoms in total. The van der Waals surface area contributed by atoms with Crippen LogP contribution in [0.5, 0.6) is 0 Å². The molecule has 84 valence electrons. The highest BCUT2D eigenvalue weighted by atomic mass is 32.1. The zero-order valence-electron chi connectivity index (χ0n) is 9.66. The number of thiazole rings is 1. The van der Waals surface area contributed by atoms with Crippen LogP contribution in [0.3, 0.4) is 0 Å². The number of aryl methyl sites for hydroxylation is 1. The average molecular weight is 232 g/mol. The van der Waals surface area contributed by atoms with Gasteiger partial charge < -0.3 is 5.32 Å². The van der Waals surface area contributed by atoms with E-state index in [1.54, 1.807) is 11.3 Å². The van der Waals surface area contributed by atoms with Crippen LogP contribution in [0.1, 0.15) is 10.6 Å². The number of hydrogen-bond donors (Lipinski definition) is 1. The predicted molar refractivity (Wildman–Crippen MR) is 69.9 cm³/mol. The third-order valence-electron chi connectivity index (χ3n) is 2.52. The van der Waals surface area contributed by atoms with Gasteiger partial charge in [-0.2, -0.15) is 0 Å². The van der Waals surface area contributed by atoms with E-state index in [4.69, 9.17) is 0 Å². The Morgan fingerprint density at radius 3 is 2.69 bits per heavy atom. The Bertz CT molecular complexity index is 448. The zero-order chi connectivity index (χ0) is 11.4. The lowest BCUT2D eigenvalue weighted by Crippen LogP contribution is -2.09. The molecule has 2 rings (SSSR count). The van der Waals surface area contributed by atoms with E-state index < -0.39 is 0 Å². The minimum atomic E-state index is 1.01. The van der Waals surface area contributed by atoms with Gasteiger partial charge >= 0.3 is 0 Å². The van der Waals surface area contributed by atoms with Crippen molar-refractivity contribution in [1.82, 2.24) is 10.3 Å². The number of hydrogen-bond acceptors (Lipinski definition) is 3. The summed E-state index contributed by atoms with van der Waals surface area (Å²) in [6.07, 6.45) is 1.06. The van der Waals surface area contributed by atoms with Crippen LogP contribution in [0.2, 0.25) is 0 Å². The molecule has 0 amide bonds. The number of rotatable bonds is 4. The zero-order valence-corrected chi connectivity index (χ0v) is 10.5. The Hall–Kier alpha value is -1.19. The quantitative estimate of drug-likeness (QED) is 0.876. The predicted octanol–water partition coefficient (Wildman–Crippen LogP) is 2.88. The van der Waals surface area contributed by atoms with Crippen LogP contribution in [-0.4, -0.2) is 18.6 Å². The molecule has 0 bridgehead atoms. The lowest BCUT2D eigenvalue weighted by atomic mass is 10.2. The summed E-state index contributed by atoms with van der Waals surface area (Å²) in [6, 6.07) is 10.4. The molecule has 0 saturated carbocycles. The molecule has 0 spiro atoms. The van der Waals surface area contributed by atoms with Gasteiger partial charge in [0.15, 0.2) is 0 Å². The van der Waals surface area contributed by atoms with Crippen molar-refractivity contribution in [2.75, 3.05) is 13.6 Å². The summed E-state index contributed by atoms with van der Waals surface area (Å²) >= 11 is 1.80. The summed E-state index contributed by atoms with van der Waals surface area (Å²) in [4.78, 5) is 6.01. The van der Waals surface area contributed by atoms with Gasteiger partial charge in [-0.05, 0) is 26.9 Å². The Kier molecular flexibility index (Phi) is 3.70. The fourth-order valence-corrected chi connectivity index (χ4v) is 2.67. The van der Waals surface area contributed by atoms with Gasteiger partial charge in [-0.1, -0.05) is 30.3 Å². The molecule has 0 fully saturated rings. The maximum absolute atomic E-state index is 4.62. The van der Waals surface area contributed by atoms with E-state index in [2.05, 4.69) is 41.5 Å². The lowest BCUT2D eigenvalue weighted by molar-refractivity contribution is 0.795. The maximum Gasteiger partial charge on any atom is 0.123 e. The minimum Gasteiger partial charge on any atom is -0.319 e. The minimum absolute atomic E-state index is 1.01. The maximum atomic E-state index is 4.62. The highest BCUT2D eigenvalue weighted by molar-refractivity contribution is 7.15. The van der Waals surface area contributed by atoms with Crippen LogP contribution >= 0.6 is 11.3 Å². The lowest BCUT2D eigenvalue weighted by Gasteiger charge is -1.96. The molecular weight excluding hydrogens is 216 g/mol. The van der Waals surface area contributed by atoms with Gasteiger partial charge in [0.1, 0.15) is 5.01 Å². The number of benzene rings is 1. The van der Waals surface area contributed by atoms with Crippen molar-refractivity contribution in [1.29, 1.82) is 0 Å². The molecule has 0 aliphatic carbocycles. The van der Waals surface area contributed by atoms with Crippen LogP contribution in [0.15, 0.2) is 30.3 Å². The van der Waals surface area contributed by atoms with E-state index in [1.165, 1.54) is 16.1 Å². The first-order valence-corrected chi connectivity index (χ1v) is 6.29. The van der Waals surface area contributed by atoms with Crippen LogP contribution in [0.4, 0.5) is 0 Å². The van der Waals surface area contributed by atoms with Crippen molar-refractivity contribution >= 4 is 11.3 Å². The van der Waals surface area contributed by atoms with E-state index in [9.17, 15) is 0 Å². The molecule has 1 aromatic carbocycles. The van der Waals surface area contributed by atoms with Gasteiger partial charge in [0.25, 0.3) is 0 Å². The fourth-order valence-electron chi connectivity index (χ4n) is 1.60. The third kappa shape index (κ3) is 2.49. The molecule has 1 aromatic heterocycles. The second kappa shape index (κ2) is 5.23. The highest BCUT2D eigenvalue weighted by Gasteiger charge is 2.08. The summed E-state index contributed by atoms with van der Waals surface area (Å²) in [6.45, 7) is 3.10. The van der Waals surface area contributed by atoms with Crippen molar-refractivity contribution < 1.29 is 0 Å². The van der Waals surface area contributed by atoms with E-state index in [0.717, 1.165) is 18.0 Å². The van der Waals surface area contributed by atoms with Crippen molar-refractivity contribution in [2.45, 2.75) is 13.3 Å². The van der Waals surface area contributed by atoms with E-state index >= 15 is 0 Å². The van der Waals surface area contributed by atoms with E-state index in [1.807, 2.05) is 13.1 Å². The molecule has 0 unspecified atom stereocenters. The molecule has 2 aromatic rings. The Labute approximate surface area is 100 Å². The Morgan fingerprint density at radius 2 is 2.00 bits per heavy atom. The van der Waals surface area contributed by atoms with Crippen LogP contribution in [0, 0.1) is 6.92 Å². The normalized spacial score (nSPS) is 10.6. The monoisotopic (exact) mass is 232 g/mol. The Morgan fingerprint density at radius 1 is 1.25 bits per heavy atom. The largest absolute Gasteiger partial charge is 0.319 e. The molecule has 1 heterocycles. The average Bonchev–Trinajstić information content (AvgIpc) is 2.69. The van der Waals surface area contributed by atoms with Crippen LogP contribution < -0.4 is 5.32 Å². The van der Waals surface area contributed by atoms with Crippen molar-refractivity contribution in [3.63, 3.8) is 0 Å². The van der Waals surface area contributed by atoms with Crippen LogP contribution in [0.25, 0.3) is 10.6 Å². The van der Waals surface area contributed by atoms with Crippen molar-refractivity contribution in [3.05, 3.63) is 40.9 Å². The van der Waals surface area contributed by atoms with Gasteiger partial charge in [0, 0.05) is 10.4 Å². The molecule has 3 heteroatoms. The third-order valence-corrected chi connectivity index (χ3v) is 3.78. The first-order valence-electron chi connectivity index (χ1n) is 5.47. The summed E-state index contributed by atoms with van der Waals surface area (Å²) in [5, 5.41) is 4.30. The fraction of sp³-hybridized carbons (Fsp3) is 0.308. The van der Waals surface area contributed by atoms with Crippen molar-refractivity contribution in [3.8, 4) is 10.6 Å². The van der Waals surface area contributed by atoms with Crippen molar-refractivity contribution in [2.24, 2.45) is 0 Å². The molecule has 16 heavy (non-hydrogen) atoms.